The van der Waals surface area contributed by atoms with E-state index in [1.807, 2.05) is 19.9 Å². The molecule has 2 aromatic rings. The van der Waals surface area contributed by atoms with Gasteiger partial charge in [0.2, 0.25) is 15.9 Å². The molecule has 178 valence electrons. The summed E-state index contributed by atoms with van der Waals surface area (Å²) in [7, 11) is -2.17. The van der Waals surface area contributed by atoms with Gasteiger partial charge in [-0.1, -0.05) is 0 Å². The lowest BCUT2D eigenvalue weighted by Crippen LogP contribution is -2.43. The van der Waals surface area contributed by atoms with Crippen molar-refractivity contribution in [2.24, 2.45) is 5.92 Å². The van der Waals surface area contributed by atoms with E-state index in [9.17, 15) is 13.2 Å². The molecule has 2 aromatic carbocycles. The van der Waals surface area contributed by atoms with Gasteiger partial charge < -0.3 is 19.5 Å². The van der Waals surface area contributed by atoms with E-state index in [-0.39, 0.29) is 23.5 Å². The summed E-state index contributed by atoms with van der Waals surface area (Å²) in [6.07, 6.45) is 2.10. The Hall–Kier alpha value is -2.78. The molecule has 1 N–H and O–H groups in total. The van der Waals surface area contributed by atoms with Crippen molar-refractivity contribution in [3.63, 3.8) is 0 Å². The number of fused-ring (bicyclic) bond motifs is 1. The lowest BCUT2D eigenvalue weighted by atomic mass is 9.98. The third-order valence-corrected chi connectivity index (χ3v) is 7.89. The van der Waals surface area contributed by atoms with Crippen LogP contribution in [-0.4, -0.2) is 51.5 Å². The van der Waals surface area contributed by atoms with Crippen molar-refractivity contribution < 1.29 is 27.4 Å². The summed E-state index contributed by atoms with van der Waals surface area (Å²) in [5.74, 6) is 1.24. The van der Waals surface area contributed by atoms with Crippen LogP contribution in [0.25, 0.3) is 0 Å². The third-order valence-electron chi connectivity index (χ3n) is 6.01. The molecule has 0 saturated carbocycles. The first-order valence-corrected chi connectivity index (χ1v) is 12.7. The van der Waals surface area contributed by atoms with Gasteiger partial charge >= 0.3 is 0 Å². The highest BCUT2D eigenvalue weighted by molar-refractivity contribution is 7.89. The minimum Gasteiger partial charge on any atom is -0.497 e. The quantitative estimate of drug-likeness (QED) is 0.661. The number of hydrogen-bond acceptors (Lipinski definition) is 6. The van der Waals surface area contributed by atoms with Crippen LogP contribution in [0.4, 0.5) is 5.69 Å². The smallest absolute Gasteiger partial charge is 0.243 e. The van der Waals surface area contributed by atoms with Crippen LogP contribution in [0.15, 0.2) is 41.3 Å². The van der Waals surface area contributed by atoms with Crippen LogP contribution in [0.1, 0.15) is 32.3 Å². The highest BCUT2D eigenvalue weighted by Gasteiger charge is 2.34. The normalized spacial score (nSPS) is 20.6. The SMILES string of the molecule is CCOc1cc2c(cc1NC(=O)[C@@H]1CCCN(S(=O)(=O)c3ccc(OC)cc3)C1)O[C@@H](C)C2. The van der Waals surface area contributed by atoms with Crippen LogP contribution >= 0.6 is 0 Å². The summed E-state index contributed by atoms with van der Waals surface area (Å²) in [6, 6.07) is 10.0. The molecule has 0 unspecified atom stereocenters. The molecule has 0 aromatic heterocycles. The lowest BCUT2D eigenvalue weighted by molar-refractivity contribution is -0.120. The van der Waals surface area contributed by atoms with Crippen molar-refractivity contribution >= 4 is 21.6 Å². The molecule has 9 heteroatoms. The maximum atomic E-state index is 13.1. The summed E-state index contributed by atoms with van der Waals surface area (Å²) < 4.78 is 44.3. The summed E-state index contributed by atoms with van der Waals surface area (Å²) in [5.41, 5.74) is 1.60. The molecule has 2 heterocycles. The summed E-state index contributed by atoms with van der Waals surface area (Å²) >= 11 is 0. The van der Waals surface area contributed by atoms with E-state index in [1.165, 1.54) is 23.5 Å². The molecule has 0 aliphatic carbocycles. The van der Waals surface area contributed by atoms with Crippen LogP contribution in [0.5, 0.6) is 17.2 Å². The van der Waals surface area contributed by atoms with Crippen molar-refractivity contribution in [2.75, 3.05) is 32.1 Å². The number of ether oxygens (including phenoxy) is 3. The Morgan fingerprint density at radius 1 is 1.24 bits per heavy atom. The average molecular weight is 475 g/mol. The zero-order valence-corrected chi connectivity index (χ0v) is 20.0. The van der Waals surface area contributed by atoms with Crippen molar-refractivity contribution in [3.05, 3.63) is 42.0 Å². The lowest BCUT2D eigenvalue weighted by Gasteiger charge is -2.31. The van der Waals surface area contributed by atoms with Gasteiger partial charge in [0.25, 0.3) is 0 Å². The van der Waals surface area contributed by atoms with Gasteiger partial charge in [0.05, 0.1) is 30.2 Å². The van der Waals surface area contributed by atoms with Gasteiger partial charge in [0.15, 0.2) is 0 Å². The van der Waals surface area contributed by atoms with Gasteiger partial charge in [-0.25, -0.2) is 8.42 Å². The number of nitrogens with zero attached hydrogens (tertiary/aromatic N) is 1. The first kappa shape index (κ1) is 23.4. The fourth-order valence-corrected chi connectivity index (χ4v) is 5.84. The van der Waals surface area contributed by atoms with Gasteiger partial charge in [-0.15, -0.1) is 0 Å². The fraction of sp³-hybridized carbons (Fsp3) is 0.458. The second-order valence-corrected chi connectivity index (χ2v) is 10.3. The molecule has 2 aliphatic heterocycles. The van der Waals surface area contributed by atoms with Crippen LogP contribution in [0.2, 0.25) is 0 Å². The maximum absolute atomic E-state index is 13.1. The molecule has 0 spiro atoms. The predicted octanol–water partition coefficient (Wildman–Crippen LogP) is 3.46. The molecular weight excluding hydrogens is 444 g/mol. The largest absolute Gasteiger partial charge is 0.497 e. The monoisotopic (exact) mass is 474 g/mol. The minimum atomic E-state index is -3.70. The molecule has 0 radical (unpaired) electrons. The van der Waals surface area contributed by atoms with Gasteiger partial charge in [-0.2, -0.15) is 4.31 Å². The summed E-state index contributed by atoms with van der Waals surface area (Å²) in [6.45, 7) is 4.87. The van der Waals surface area contributed by atoms with E-state index in [4.69, 9.17) is 14.2 Å². The van der Waals surface area contributed by atoms with Crippen LogP contribution < -0.4 is 19.5 Å². The Bertz CT molecular complexity index is 1120. The van der Waals surface area contributed by atoms with E-state index < -0.39 is 15.9 Å². The number of methoxy groups -OCH3 is 1. The minimum absolute atomic E-state index is 0.0792. The molecular formula is C24H30N2O6S. The summed E-state index contributed by atoms with van der Waals surface area (Å²) in [5, 5.41) is 2.95. The number of anilines is 1. The molecule has 2 atom stereocenters. The fourth-order valence-electron chi connectivity index (χ4n) is 4.32. The Labute approximate surface area is 194 Å². The maximum Gasteiger partial charge on any atom is 0.243 e. The number of hydrogen-bond donors (Lipinski definition) is 1. The van der Waals surface area contributed by atoms with Crippen LogP contribution in [-0.2, 0) is 21.2 Å². The highest BCUT2D eigenvalue weighted by atomic mass is 32.2. The molecule has 4 rings (SSSR count). The van der Waals surface area contributed by atoms with Crippen molar-refractivity contribution in [1.82, 2.24) is 4.31 Å². The number of carbonyl (C=O) groups excluding carboxylic acids is 1. The molecule has 8 nitrogen and oxygen atoms in total. The Kier molecular flexibility index (Phi) is 6.81. The Morgan fingerprint density at radius 3 is 2.70 bits per heavy atom. The number of carbonyl (C=O) groups is 1. The van der Waals surface area contributed by atoms with Gasteiger partial charge in [0.1, 0.15) is 23.4 Å². The van der Waals surface area contributed by atoms with Crippen molar-refractivity contribution in [1.29, 1.82) is 0 Å². The molecule has 2 aliphatic rings. The van der Waals surface area contributed by atoms with Crippen molar-refractivity contribution in [2.45, 2.75) is 44.1 Å². The van der Waals surface area contributed by atoms with Crippen molar-refractivity contribution in [3.8, 4) is 17.2 Å². The number of rotatable bonds is 7. The first-order chi connectivity index (χ1) is 15.8. The van der Waals surface area contributed by atoms with E-state index >= 15 is 0 Å². The Morgan fingerprint density at radius 2 is 2.00 bits per heavy atom. The first-order valence-electron chi connectivity index (χ1n) is 11.2. The molecule has 1 amide bonds. The van der Waals surface area contributed by atoms with Gasteiger partial charge in [0, 0.05) is 31.1 Å². The predicted molar refractivity (Wildman–Crippen MR) is 125 cm³/mol. The summed E-state index contributed by atoms with van der Waals surface area (Å²) in [4.78, 5) is 13.3. The molecule has 1 fully saturated rings. The standard InChI is InChI=1S/C24H30N2O6S/c1-4-31-23-13-18-12-16(2)32-22(18)14-21(23)25-24(27)17-6-5-11-26(15-17)33(28,29)20-9-7-19(30-3)8-10-20/h7-10,13-14,16-17H,4-6,11-12,15H2,1-3H3,(H,25,27)/t16-,17+/m0/s1. The molecule has 0 bridgehead atoms. The number of piperidine rings is 1. The van der Waals surface area contributed by atoms with E-state index in [0.717, 1.165) is 17.7 Å². The highest BCUT2D eigenvalue weighted by Crippen LogP contribution is 2.38. The topological polar surface area (TPSA) is 94.2 Å². The number of nitrogens with one attached hydrogen (secondary N) is 1. The van der Waals surface area contributed by atoms with Gasteiger partial charge in [-0.05, 0) is 57.0 Å². The van der Waals surface area contributed by atoms with Gasteiger partial charge in [-0.3, -0.25) is 4.79 Å². The zero-order chi connectivity index (χ0) is 23.6. The average Bonchev–Trinajstić information content (AvgIpc) is 3.18. The molecule has 1 saturated heterocycles. The number of amides is 1. The Balaban J connectivity index is 1.50. The number of sulfonamides is 1. The van der Waals surface area contributed by atoms with Crippen LogP contribution in [0, 0.1) is 5.92 Å². The second kappa shape index (κ2) is 9.61. The molecule has 33 heavy (non-hydrogen) atoms. The third kappa shape index (κ3) is 4.94. The van der Waals surface area contributed by atoms with E-state index in [1.54, 1.807) is 18.2 Å². The van der Waals surface area contributed by atoms with Crippen LogP contribution in [0.3, 0.4) is 0 Å². The zero-order valence-electron chi connectivity index (χ0n) is 19.2. The van der Waals surface area contributed by atoms with E-state index in [0.29, 0.717) is 43.2 Å². The van der Waals surface area contributed by atoms with E-state index in [2.05, 4.69) is 5.32 Å². The number of benzene rings is 2. The second-order valence-electron chi connectivity index (χ2n) is 8.39.